The van der Waals surface area contributed by atoms with Crippen LogP contribution in [0.5, 0.6) is 0 Å². The van der Waals surface area contributed by atoms with Gasteiger partial charge in [-0.3, -0.25) is 9.59 Å². The molecule has 1 aliphatic rings. The van der Waals surface area contributed by atoms with Crippen molar-refractivity contribution in [2.24, 2.45) is 0 Å². The lowest BCUT2D eigenvalue weighted by Gasteiger charge is -2.12. The molecule has 0 heterocycles. The minimum Gasteiger partial charge on any atom is -0.455 e. The number of benzene rings is 2. The van der Waals surface area contributed by atoms with Crippen molar-refractivity contribution in [3.63, 3.8) is 0 Å². The predicted molar refractivity (Wildman–Crippen MR) is 109 cm³/mol. The van der Waals surface area contributed by atoms with Crippen molar-refractivity contribution in [1.29, 1.82) is 0 Å². The van der Waals surface area contributed by atoms with Gasteiger partial charge >= 0.3 is 5.97 Å². The number of hydrogen-bond donors (Lipinski definition) is 1. The van der Waals surface area contributed by atoms with Crippen LogP contribution in [0.4, 0.5) is 5.69 Å². The topological polar surface area (TPSA) is 92.8 Å². The van der Waals surface area contributed by atoms with Gasteiger partial charge in [-0.25, -0.2) is 12.7 Å². The molecular weight excluding hydrogens is 392 g/mol. The molecule has 1 amide bonds. The van der Waals surface area contributed by atoms with Gasteiger partial charge in [0.1, 0.15) is 0 Å². The SMILES string of the molecule is CN(C)S(=O)(=O)c1cccc(NC(=O)COC(=O)Cc2ccc3c(c2)CCC3)c1. The number of amides is 1. The van der Waals surface area contributed by atoms with Crippen molar-refractivity contribution in [2.45, 2.75) is 30.6 Å². The summed E-state index contributed by atoms with van der Waals surface area (Å²) in [4.78, 5) is 24.2. The maximum atomic E-state index is 12.2. The zero-order chi connectivity index (χ0) is 21.0. The second kappa shape index (κ2) is 8.75. The highest BCUT2D eigenvalue weighted by Gasteiger charge is 2.18. The first kappa shape index (κ1) is 21.0. The fraction of sp³-hybridized carbons (Fsp3) is 0.333. The first-order valence-corrected chi connectivity index (χ1v) is 10.8. The van der Waals surface area contributed by atoms with Crippen LogP contribution in [0.3, 0.4) is 0 Å². The Bertz CT molecular complexity index is 1030. The summed E-state index contributed by atoms with van der Waals surface area (Å²) in [6.45, 7) is -0.436. The fourth-order valence-electron chi connectivity index (χ4n) is 3.24. The molecule has 29 heavy (non-hydrogen) atoms. The molecule has 1 N–H and O–H groups in total. The average molecular weight is 416 g/mol. The van der Waals surface area contributed by atoms with Gasteiger partial charge in [0.25, 0.3) is 5.91 Å². The Kier molecular flexibility index (Phi) is 6.34. The summed E-state index contributed by atoms with van der Waals surface area (Å²) < 4.78 is 30.5. The van der Waals surface area contributed by atoms with Crippen LogP contribution >= 0.6 is 0 Å². The Morgan fingerprint density at radius 2 is 1.83 bits per heavy atom. The van der Waals surface area contributed by atoms with Crippen LogP contribution in [0.25, 0.3) is 0 Å². The van der Waals surface area contributed by atoms with Gasteiger partial charge in [0.15, 0.2) is 6.61 Å². The fourth-order valence-corrected chi connectivity index (χ4v) is 4.19. The molecule has 8 heteroatoms. The lowest BCUT2D eigenvalue weighted by Crippen LogP contribution is -2.23. The van der Waals surface area contributed by atoms with Crippen molar-refractivity contribution < 1.29 is 22.7 Å². The monoisotopic (exact) mass is 416 g/mol. The number of aryl methyl sites for hydroxylation is 2. The molecule has 7 nitrogen and oxygen atoms in total. The number of hydrogen-bond acceptors (Lipinski definition) is 5. The minimum atomic E-state index is -3.60. The molecule has 0 saturated carbocycles. The third-order valence-corrected chi connectivity index (χ3v) is 6.58. The van der Waals surface area contributed by atoms with Crippen LogP contribution < -0.4 is 5.32 Å². The van der Waals surface area contributed by atoms with Crippen LogP contribution in [0.2, 0.25) is 0 Å². The molecule has 2 aromatic rings. The van der Waals surface area contributed by atoms with Crippen molar-refractivity contribution >= 4 is 27.6 Å². The Balaban J connectivity index is 1.53. The highest BCUT2D eigenvalue weighted by Crippen LogP contribution is 2.23. The molecule has 0 saturated heterocycles. The summed E-state index contributed by atoms with van der Waals surface area (Å²) in [6, 6.07) is 11.9. The van der Waals surface area contributed by atoms with Crippen LogP contribution in [0.15, 0.2) is 47.4 Å². The van der Waals surface area contributed by atoms with Crippen LogP contribution in [0.1, 0.15) is 23.1 Å². The normalized spacial score (nSPS) is 13.2. The predicted octanol–water partition coefficient (Wildman–Crippen LogP) is 2.15. The summed E-state index contributed by atoms with van der Waals surface area (Å²) in [5.74, 6) is -1.02. The van der Waals surface area contributed by atoms with Crippen LogP contribution in [-0.2, 0) is 43.6 Å². The smallest absolute Gasteiger partial charge is 0.310 e. The average Bonchev–Trinajstić information content (AvgIpc) is 3.14. The van der Waals surface area contributed by atoms with Crippen molar-refractivity contribution in [1.82, 2.24) is 4.31 Å². The molecule has 0 bridgehead atoms. The van der Waals surface area contributed by atoms with Gasteiger partial charge in [0.2, 0.25) is 10.0 Å². The number of carbonyl (C=O) groups is 2. The molecule has 154 valence electrons. The first-order chi connectivity index (χ1) is 13.8. The number of carbonyl (C=O) groups excluding carboxylic acids is 2. The number of esters is 1. The van der Waals surface area contributed by atoms with Crippen LogP contribution in [0, 0.1) is 0 Å². The van der Waals surface area contributed by atoms with E-state index in [-0.39, 0.29) is 11.3 Å². The largest absolute Gasteiger partial charge is 0.455 e. The van der Waals surface area contributed by atoms with E-state index in [2.05, 4.69) is 5.32 Å². The number of anilines is 1. The summed E-state index contributed by atoms with van der Waals surface area (Å²) in [6.07, 6.45) is 3.36. The summed E-state index contributed by atoms with van der Waals surface area (Å²) in [5, 5.41) is 2.55. The molecule has 0 unspecified atom stereocenters. The zero-order valence-electron chi connectivity index (χ0n) is 16.5. The van der Waals surface area contributed by atoms with E-state index in [1.165, 1.54) is 43.4 Å². The highest BCUT2D eigenvalue weighted by molar-refractivity contribution is 7.89. The Hall–Kier alpha value is -2.71. The van der Waals surface area contributed by atoms with Gasteiger partial charge < -0.3 is 10.1 Å². The number of rotatable bonds is 7. The molecule has 0 fully saturated rings. The van der Waals surface area contributed by atoms with Gasteiger partial charge in [-0.2, -0.15) is 0 Å². The third kappa shape index (κ3) is 5.21. The van der Waals surface area contributed by atoms with Gasteiger partial charge in [-0.05, 0) is 54.2 Å². The number of nitrogens with zero attached hydrogens (tertiary/aromatic N) is 1. The van der Waals surface area contributed by atoms with E-state index in [4.69, 9.17) is 4.74 Å². The highest BCUT2D eigenvalue weighted by atomic mass is 32.2. The first-order valence-electron chi connectivity index (χ1n) is 9.34. The van der Waals surface area contributed by atoms with Gasteiger partial charge in [-0.1, -0.05) is 24.3 Å². The van der Waals surface area contributed by atoms with Crippen molar-refractivity contribution in [2.75, 3.05) is 26.0 Å². The second-order valence-electron chi connectivity index (χ2n) is 7.16. The maximum Gasteiger partial charge on any atom is 0.310 e. The standard InChI is InChI=1S/C21H24N2O5S/c1-23(2)29(26,27)19-8-4-7-18(13-19)22-20(24)14-28-21(25)12-15-9-10-16-5-3-6-17(16)11-15/h4,7-11,13H,3,5-6,12,14H2,1-2H3,(H,22,24). The zero-order valence-corrected chi connectivity index (χ0v) is 17.3. The number of fused-ring (bicyclic) bond motifs is 1. The van der Waals surface area contributed by atoms with E-state index in [9.17, 15) is 18.0 Å². The quantitative estimate of drug-likeness (QED) is 0.698. The number of sulfonamides is 1. The molecule has 2 aromatic carbocycles. The van der Waals surface area contributed by atoms with Gasteiger partial charge in [0.05, 0.1) is 11.3 Å². The van der Waals surface area contributed by atoms with Crippen molar-refractivity contribution in [3.05, 3.63) is 59.2 Å². The van der Waals surface area contributed by atoms with E-state index in [1.807, 2.05) is 18.2 Å². The van der Waals surface area contributed by atoms with E-state index in [0.29, 0.717) is 5.69 Å². The molecule has 0 aliphatic heterocycles. The maximum absolute atomic E-state index is 12.2. The molecular formula is C21H24N2O5S. The Morgan fingerprint density at radius 1 is 1.07 bits per heavy atom. The number of nitrogens with one attached hydrogen (secondary N) is 1. The lowest BCUT2D eigenvalue weighted by atomic mass is 10.0. The molecule has 0 atom stereocenters. The summed E-state index contributed by atoms with van der Waals surface area (Å²) in [5.41, 5.74) is 3.80. The number of ether oxygens (including phenoxy) is 1. The van der Waals surface area contributed by atoms with E-state index < -0.39 is 28.5 Å². The third-order valence-electron chi connectivity index (χ3n) is 4.77. The van der Waals surface area contributed by atoms with E-state index >= 15 is 0 Å². The van der Waals surface area contributed by atoms with Crippen molar-refractivity contribution in [3.8, 4) is 0 Å². The summed E-state index contributed by atoms with van der Waals surface area (Å²) >= 11 is 0. The molecule has 0 spiro atoms. The minimum absolute atomic E-state index is 0.0638. The van der Waals surface area contributed by atoms with Gasteiger partial charge in [0, 0.05) is 19.8 Å². The Labute approximate surface area is 170 Å². The molecule has 1 aliphatic carbocycles. The second-order valence-corrected chi connectivity index (χ2v) is 9.31. The van der Waals surface area contributed by atoms with E-state index in [1.54, 1.807) is 6.07 Å². The molecule has 0 aromatic heterocycles. The molecule has 0 radical (unpaired) electrons. The van der Waals surface area contributed by atoms with Crippen LogP contribution in [-0.4, -0.2) is 45.3 Å². The summed E-state index contributed by atoms with van der Waals surface area (Å²) in [7, 11) is -0.740. The van der Waals surface area contributed by atoms with E-state index in [0.717, 1.165) is 29.1 Å². The lowest BCUT2D eigenvalue weighted by molar-refractivity contribution is -0.146. The Morgan fingerprint density at radius 3 is 2.59 bits per heavy atom. The molecule has 3 rings (SSSR count). The van der Waals surface area contributed by atoms with Gasteiger partial charge in [-0.15, -0.1) is 0 Å².